The lowest BCUT2D eigenvalue weighted by atomic mass is 10.1. The van der Waals surface area contributed by atoms with Crippen molar-refractivity contribution in [3.63, 3.8) is 0 Å². The van der Waals surface area contributed by atoms with E-state index in [1.54, 1.807) is 17.1 Å². The van der Waals surface area contributed by atoms with Gasteiger partial charge in [0.05, 0.1) is 18.3 Å². The molecule has 8 nitrogen and oxygen atoms in total. The van der Waals surface area contributed by atoms with Crippen molar-refractivity contribution in [1.29, 1.82) is 0 Å². The Labute approximate surface area is 157 Å². The lowest BCUT2D eigenvalue weighted by Crippen LogP contribution is -2.37. The summed E-state index contributed by atoms with van der Waals surface area (Å²) in [5.41, 5.74) is 1.81. The van der Waals surface area contributed by atoms with Crippen LogP contribution in [0.25, 0.3) is 5.69 Å². The number of hydrogen-bond donors (Lipinski definition) is 2. The van der Waals surface area contributed by atoms with Crippen molar-refractivity contribution in [2.45, 2.75) is 13.0 Å². The standard InChI is InChI=1S/C17H16BrN5O3/c1-11(12-2-4-13(5-3-12)23-10-19-9-21-23)22-16(24)8-20-17(25)14-6-7-15(18)26-14/h2-7,9-11H,8H2,1H3,(H,20,25)(H,22,24)/t11-/m0/s1. The summed E-state index contributed by atoms with van der Waals surface area (Å²) in [6.45, 7) is 1.73. The molecule has 0 fully saturated rings. The number of carbonyl (C=O) groups excluding carboxylic acids is 2. The number of furan rings is 1. The predicted octanol–water partition coefficient (Wildman–Crippen LogP) is 2.23. The second kappa shape index (κ2) is 7.96. The molecule has 2 N–H and O–H groups in total. The Hall–Kier alpha value is -2.94. The van der Waals surface area contributed by atoms with Crippen molar-refractivity contribution in [3.8, 4) is 5.69 Å². The van der Waals surface area contributed by atoms with Crippen LogP contribution in [0.4, 0.5) is 0 Å². The van der Waals surface area contributed by atoms with Crippen LogP contribution in [0.15, 0.2) is 58.1 Å². The summed E-state index contributed by atoms with van der Waals surface area (Å²) in [5, 5.41) is 9.41. The number of aromatic nitrogens is 3. The molecule has 0 saturated heterocycles. The van der Waals surface area contributed by atoms with Gasteiger partial charge in [0.25, 0.3) is 5.91 Å². The third kappa shape index (κ3) is 4.37. The molecule has 1 aromatic carbocycles. The Balaban J connectivity index is 1.51. The molecular weight excluding hydrogens is 402 g/mol. The summed E-state index contributed by atoms with van der Waals surface area (Å²) in [7, 11) is 0. The van der Waals surface area contributed by atoms with Crippen LogP contribution >= 0.6 is 15.9 Å². The van der Waals surface area contributed by atoms with Gasteiger partial charge in [-0.3, -0.25) is 9.59 Å². The fourth-order valence-electron chi connectivity index (χ4n) is 2.32. The summed E-state index contributed by atoms with van der Waals surface area (Å²) in [5.74, 6) is -0.603. The molecule has 3 rings (SSSR count). The highest BCUT2D eigenvalue weighted by molar-refractivity contribution is 9.10. The van der Waals surface area contributed by atoms with Crippen LogP contribution in [0, 0.1) is 0 Å². The third-order valence-corrected chi connectivity index (χ3v) is 4.09. The largest absolute Gasteiger partial charge is 0.444 e. The number of benzene rings is 1. The maximum absolute atomic E-state index is 12.0. The minimum absolute atomic E-state index is 0.140. The average Bonchev–Trinajstić information content (AvgIpc) is 3.31. The summed E-state index contributed by atoms with van der Waals surface area (Å²) in [4.78, 5) is 27.8. The maximum atomic E-state index is 12.0. The Morgan fingerprint density at radius 3 is 2.62 bits per heavy atom. The quantitative estimate of drug-likeness (QED) is 0.639. The normalized spacial score (nSPS) is 11.8. The number of amides is 2. The zero-order valence-electron chi connectivity index (χ0n) is 13.8. The van der Waals surface area contributed by atoms with E-state index in [1.165, 1.54) is 12.4 Å². The molecule has 1 atom stereocenters. The molecule has 3 aromatic rings. The number of carbonyl (C=O) groups is 2. The van der Waals surface area contributed by atoms with Gasteiger partial charge in [0, 0.05) is 0 Å². The summed E-state index contributed by atoms with van der Waals surface area (Å²) in [6.07, 6.45) is 3.08. The highest BCUT2D eigenvalue weighted by Gasteiger charge is 2.14. The molecule has 2 amide bonds. The molecule has 2 aromatic heterocycles. The zero-order valence-corrected chi connectivity index (χ0v) is 15.4. The first-order valence-electron chi connectivity index (χ1n) is 7.81. The Kier molecular flexibility index (Phi) is 5.47. The van der Waals surface area contributed by atoms with Crippen LogP contribution < -0.4 is 10.6 Å². The van der Waals surface area contributed by atoms with Gasteiger partial charge in [0.15, 0.2) is 10.4 Å². The van der Waals surface area contributed by atoms with E-state index in [2.05, 4.69) is 36.6 Å². The smallest absolute Gasteiger partial charge is 0.287 e. The second-order valence-corrected chi connectivity index (χ2v) is 6.29. The summed E-state index contributed by atoms with van der Waals surface area (Å²) >= 11 is 3.12. The molecular formula is C17H16BrN5O3. The molecule has 2 heterocycles. The van der Waals surface area contributed by atoms with E-state index >= 15 is 0 Å². The molecule has 0 aliphatic rings. The molecule has 0 saturated carbocycles. The Morgan fingerprint density at radius 1 is 1.23 bits per heavy atom. The van der Waals surface area contributed by atoms with Gasteiger partial charge < -0.3 is 15.1 Å². The number of nitrogens with zero attached hydrogens (tertiary/aromatic N) is 3. The van der Waals surface area contributed by atoms with Crippen molar-refractivity contribution in [2.24, 2.45) is 0 Å². The minimum atomic E-state index is -0.448. The fourth-order valence-corrected chi connectivity index (χ4v) is 2.62. The highest BCUT2D eigenvalue weighted by Crippen LogP contribution is 2.15. The first-order chi connectivity index (χ1) is 12.5. The SMILES string of the molecule is C[C@H](NC(=O)CNC(=O)c1ccc(Br)o1)c1ccc(-n2cncn2)cc1. The first kappa shape index (κ1) is 17.9. The number of halogens is 1. The first-order valence-corrected chi connectivity index (χ1v) is 8.60. The molecule has 0 unspecified atom stereocenters. The van der Waals surface area contributed by atoms with Gasteiger partial charge in [0.2, 0.25) is 5.91 Å². The van der Waals surface area contributed by atoms with E-state index < -0.39 is 5.91 Å². The Morgan fingerprint density at radius 2 is 2.00 bits per heavy atom. The molecule has 0 aliphatic carbocycles. The van der Waals surface area contributed by atoms with Gasteiger partial charge in [-0.15, -0.1) is 0 Å². The zero-order chi connectivity index (χ0) is 18.5. The van der Waals surface area contributed by atoms with Gasteiger partial charge in [0.1, 0.15) is 12.7 Å². The van der Waals surface area contributed by atoms with Crippen LogP contribution in [0.3, 0.4) is 0 Å². The monoisotopic (exact) mass is 417 g/mol. The van der Waals surface area contributed by atoms with Gasteiger partial charge in [-0.05, 0) is 52.7 Å². The minimum Gasteiger partial charge on any atom is -0.444 e. The molecule has 0 aliphatic heterocycles. The van der Waals surface area contributed by atoms with Crippen molar-refractivity contribution >= 4 is 27.7 Å². The van der Waals surface area contributed by atoms with Crippen LogP contribution in [-0.2, 0) is 4.79 Å². The van der Waals surface area contributed by atoms with Crippen LogP contribution in [-0.4, -0.2) is 33.1 Å². The third-order valence-electron chi connectivity index (χ3n) is 3.66. The molecule has 0 spiro atoms. The lowest BCUT2D eigenvalue weighted by molar-refractivity contribution is -0.120. The topological polar surface area (TPSA) is 102 Å². The van der Waals surface area contributed by atoms with Crippen LogP contribution in [0.1, 0.15) is 29.1 Å². The van der Waals surface area contributed by atoms with Gasteiger partial charge in [-0.2, -0.15) is 5.10 Å². The van der Waals surface area contributed by atoms with Gasteiger partial charge >= 0.3 is 0 Å². The highest BCUT2D eigenvalue weighted by atomic mass is 79.9. The van der Waals surface area contributed by atoms with E-state index in [1.807, 2.05) is 31.2 Å². The molecule has 0 radical (unpaired) electrons. The molecule has 0 bridgehead atoms. The average molecular weight is 418 g/mol. The number of hydrogen-bond acceptors (Lipinski definition) is 5. The van der Waals surface area contributed by atoms with Gasteiger partial charge in [-0.1, -0.05) is 12.1 Å². The van der Waals surface area contributed by atoms with E-state index in [9.17, 15) is 9.59 Å². The maximum Gasteiger partial charge on any atom is 0.287 e. The Bertz CT molecular complexity index is 890. The number of nitrogens with one attached hydrogen (secondary N) is 2. The molecule has 9 heteroatoms. The summed E-state index contributed by atoms with van der Waals surface area (Å²) < 4.78 is 7.23. The second-order valence-electron chi connectivity index (χ2n) is 5.51. The van der Waals surface area contributed by atoms with Crippen LogP contribution in [0.5, 0.6) is 0 Å². The lowest BCUT2D eigenvalue weighted by Gasteiger charge is -2.15. The summed E-state index contributed by atoms with van der Waals surface area (Å²) in [6, 6.07) is 10.5. The van der Waals surface area contributed by atoms with Crippen molar-refractivity contribution < 1.29 is 14.0 Å². The van der Waals surface area contributed by atoms with Gasteiger partial charge in [-0.25, -0.2) is 9.67 Å². The number of rotatable bonds is 6. The molecule has 134 valence electrons. The molecule has 26 heavy (non-hydrogen) atoms. The van der Waals surface area contributed by atoms with Crippen molar-refractivity contribution in [1.82, 2.24) is 25.4 Å². The van der Waals surface area contributed by atoms with E-state index in [-0.39, 0.29) is 24.3 Å². The van der Waals surface area contributed by atoms with Crippen molar-refractivity contribution in [3.05, 3.63) is 65.0 Å². The van der Waals surface area contributed by atoms with Crippen molar-refractivity contribution in [2.75, 3.05) is 6.54 Å². The van der Waals surface area contributed by atoms with Crippen LogP contribution in [0.2, 0.25) is 0 Å². The predicted molar refractivity (Wildman–Crippen MR) is 96.7 cm³/mol. The fraction of sp³-hybridized carbons (Fsp3) is 0.176. The van der Waals surface area contributed by atoms with E-state index in [0.717, 1.165) is 11.3 Å². The van der Waals surface area contributed by atoms with E-state index in [0.29, 0.717) is 4.67 Å². The van der Waals surface area contributed by atoms with E-state index in [4.69, 9.17) is 4.42 Å².